The molecule has 0 aliphatic heterocycles. The number of amides is 5. The fourth-order valence-corrected chi connectivity index (χ4v) is 6.34. The van der Waals surface area contributed by atoms with E-state index in [2.05, 4.69) is 26.6 Å². The molecule has 1 aromatic carbocycles. The van der Waals surface area contributed by atoms with Gasteiger partial charge in [0.15, 0.2) is 0 Å². The Bertz CT molecular complexity index is 1360. The van der Waals surface area contributed by atoms with E-state index in [1.807, 2.05) is 71.9 Å². The minimum absolute atomic E-state index is 0.0696. The van der Waals surface area contributed by atoms with Gasteiger partial charge in [0, 0.05) is 12.8 Å². The summed E-state index contributed by atoms with van der Waals surface area (Å²) in [5, 5.41) is 44.6. The van der Waals surface area contributed by atoms with Gasteiger partial charge in [-0.25, -0.2) is 0 Å². The largest absolute Gasteiger partial charge is 0.481 e. The van der Waals surface area contributed by atoms with Crippen molar-refractivity contribution in [3.8, 4) is 0 Å². The summed E-state index contributed by atoms with van der Waals surface area (Å²) >= 11 is 0. The number of carboxylic acid groups (broad SMARTS) is 1. The smallest absolute Gasteiger partial charge is 0.306 e. The van der Waals surface area contributed by atoms with E-state index < -0.39 is 78.4 Å². The van der Waals surface area contributed by atoms with Gasteiger partial charge in [-0.15, -0.1) is 0 Å². The lowest BCUT2D eigenvalue weighted by Crippen LogP contribution is -2.58. The molecule has 5 amide bonds. The zero-order valence-corrected chi connectivity index (χ0v) is 34.4. The van der Waals surface area contributed by atoms with Gasteiger partial charge in [0.05, 0.1) is 30.7 Å². The molecule has 0 radical (unpaired) electrons. The molecule has 14 heteroatoms. The molecule has 312 valence electrons. The monoisotopic (exact) mass is 776 g/mol. The first-order valence-corrected chi connectivity index (χ1v) is 19.8. The zero-order valence-electron chi connectivity index (χ0n) is 34.4. The minimum atomic E-state index is -1.40. The number of carbonyl (C=O) groups excluding carboxylic acids is 5. The van der Waals surface area contributed by atoms with Gasteiger partial charge in [0.2, 0.25) is 29.5 Å². The van der Waals surface area contributed by atoms with E-state index >= 15 is 0 Å². The first-order valence-electron chi connectivity index (χ1n) is 19.8. The summed E-state index contributed by atoms with van der Waals surface area (Å²) in [5.74, 6) is -3.77. The molecule has 0 heterocycles. The average Bonchev–Trinajstić information content (AvgIpc) is 3.09. The van der Waals surface area contributed by atoms with Crippen LogP contribution < -0.4 is 26.6 Å². The Kier molecular flexibility index (Phi) is 22.4. The van der Waals surface area contributed by atoms with Crippen LogP contribution in [0.15, 0.2) is 30.3 Å². The fourth-order valence-electron chi connectivity index (χ4n) is 6.34. The number of carbonyl (C=O) groups is 6. The summed E-state index contributed by atoms with van der Waals surface area (Å²) in [6, 6.07) is 5.22. The summed E-state index contributed by atoms with van der Waals surface area (Å²) < 4.78 is 0. The van der Waals surface area contributed by atoms with Crippen LogP contribution in [-0.2, 0) is 35.2 Å². The Hall–Kier alpha value is -4.04. The van der Waals surface area contributed by atoms with Crippen molar-refractivity contribution >= 4 is 35.5 Å². The lowest BCUT2D eigenvalue weighted by Gasteiger charge is -2.31. The van der Waals surface area contributed by atoms with Gasteiger partial charge in [0.1, 0.15) is 18.1 Å². The molecule has 0 aromatic heterocycles. The number of hydrogen-bond donors (Lipinski definition) is 8. The molecule has 1 aromatic rings. The molecule has 0 aliphatic carbocycles. The van der Waals surface area contributed by atoms with Crippen LogP contribution in [-0.4, -0.2) is 93.2 Å². The van der Waals surface area contributed by atoms with Crippen molar-refractivity contribution in [3.63, 3.8) is 0 Å². The molecular formula is C41H69N5O9. The van der Waals surface area contributed by atoms with Crippen molar-refractivity contribution in [2.24, 2.45) is 23.7 Å². The third-order valence-corrected chi connectivity index (χ3v) is 9.63. The van der Waals surface area contributed by atoms with Crippen molar-refractivity contribution < 1.29 is 44.1 Å². The van der Waals surface area contributed by atoms with Crippen molar-refractivity contribution in [2.75, 3.05) is 0 Å². The maximum atomic E-state index is 14.0. The summed E-state index contributed by atoms with van der Waals surface area (Å²) in [6.07, 6.45) is -0.0335. The van der Waals surface area contributed by atoms with Gasteiger partial charge < -0.3 is 41.9 Å². The topological polar surface area (TPSA) is 223 Å². The van der Waals surface area contributed by atoms with Crippen LogP contribution in [0.5, 0.6) is 0 Å². The Balaban J connectivity index is 3.30. The average molecular weight is 776 g/mol. The molecule has 1 unspecified atom stereocenters. The zero-order chi connectivity index (χ0) is 41.8. The van der Waals surface area contributed by atoms with Crippen molar-refractivity contribution in [3.05, 3.63) is 35.9 Å². The van der Waals surface area contributed by atoms with E-state index in [9.17, 15) is 44.1 Å². The number of aryl methyl sites for hydroxylation is 1. The Labute approximate surface area is 327 Å². The highest BCUT2D eigenvalue weighted by molar-refractivity contribution is 5.92. The molecule has 0 fully saturated rings. The Morgan fingerprint density at radius 2 is 1.25 bits per heavy atom. The van der Waals surface area contributed by atoms with E-state index in [1.165, 1.54) is 6.92 Å². The summed E-state index contributed by atoms with van der Waals surface area (Å²) in [7, 11) is 0. The minimum Gasteiger partial charge on any atom is -0.481 e. The van der Waals surface area contributed by atoms with Crippen LogP contribution in [0.1, 0.15) is 119 Å². The molecule has 0 bridgehead atoms. The number of hydrogen-bond acceptors (Lipinski definition) is 8. The van der Waals surface area contributed by atoms with E-state index in [1.54, 1.807) is 13.8 Å². The highest BCUT2D eigenvalue weighted by Gasteiger charge is 2.34. The fraction of sp³-hybridized carbons (Fsp3) is 0.707. The van der Waals surface area contributed by atoms with E-state index in [-0.39, 0.29) is 48.8 Å². The van der Waals surface area contributed by atoms with Crippen LogP contribution in [0.25, 0.3) is 0 Å². The predicted octanol–water partition coefficient (Wildman–Crippen LogP) is 3.22. The van der Waals surface area contributed by atoms with E-state index in [0.29, 0.717) is 32.1 Å². The highest BCUT2D eigenvalue weighted by atomic mass is 16.4. The summed E-state index contributed by atoms with van der Waals surface area (Å²) in [5.41, 5.74) is 0.992. The Morgan fingerprint density at radius 1 is 0.636 bits per heavy atom. The molecule has 8 N–H and O–H groups in total. The van der Waals surface area contributed by atoms with Gasteiger partial charge in [0.25, 0.3) is 0 Å². The predicted molar refractivity (Wildman–Crippen MR) is 211 cm³/mol. The molecule has 14 nitrogen and oxygen atoms in total. The second-order valence-electron chi connectivity index (χ2n) is 16.0. The number of aliphatic hydroxyl groups is 2. The molecule has 1 rings (SSSR count). The standard InChI is InChI=1S/C41H69N5O9/c1-10-35(49)42-28(8)39(53)45-33(34(48)23-37(51)52)22-26(6)16-17-27(7)38(41(55)44-32(29(9)47)20-24(2)3)46-40(54)31(43-36(50)21-25(4)5)19-18-30-14-12-11-13-15-30/h11-15,24-29,31-34,38,47-48H,10,16-23H2,1-9H3,(H,42,49)(H,43,50)(H,44,55)(H,45,53)(H,46,54)(H,51,52)/t26-,27?,28+,29+,31+,32+,33+,34+,38+/m1/s1. The number of rotatable bonds is 26. The van der Waals surface area contributed by atoms with Gasteiger partial charge in [-0.1, -0.05) is 85.2 Å². The SMILES string of the molecule is CCC(=O)N[C@@H](C)C(=O)N[C@@H](C[C@H](C)CCC(C)[C@H](NC(=O)[C@H](CCc1ccccc1)NC(=O)CC(C)C)C(=O)N[C@@H](CC(C)C)[C@H](C)O)[C@@H](O)CC(=O)O. The van der Waals surface area contributed by atoms with Crippen LogP contribution in [0.4, 0.5) is 0 Å². The maximum absolute atomic E-state index is 14.0. The molecular weight excluding hydrogens is 706 g/mol. The lowest BCUT2D eigenvalue weighted by atomic mass is 9.87. The molecule has 0 spiro atoms. The van der Waals surface area contributed by atoms with Crippen molar-refractivity contribution in [1.82, 2.24) is 26.6 Å². The number of aliphatic hydroxyl groups excluding tert-OH is 2. The molecule has 0 saturated heterocycles. The molecule has 0 aliphatic rings. The number of nitrogens with one attached hydrogen (secondary N) is 5. The van der Waals surface area contributed by atoms with Crippen LogP contribution >= 0.6 is 0 Å². The number of carboxylic acids is 1. The van der Waals surface area contributed by atoms with Gasteiger partial charge in [-0.2, -0.15) is 0 Å². The molecule has 55 heavy (non-hydrogen) atoms. The number of aliphatic carboxylic acids is 1. The van der Waals surface area contributed by atoms with Gasteiger partial charge in [-0.3, -0.25) is 28.8 Å². The molecule has 0 saturated carbocycles. The van der Waals surface area contributed by atoms with Crippen molar-refractivity contribution in [1.29, 1.82) is 0 Å². The second-order valence-corrected chi connectivity index (χ2v) is 16.0. The third-order valence-electron chi connectivity index (χ3n) is 9.63. The van der Waals surface area contributed by atoms with E-state index in [0.717, 1.165) is 5.56 Å². The Morgan fingerprint density at radius 3 is 1.80 bits per heavy atom. The third kappa shape index (κ3) is 19.9. The van der Waals surface area contributed by atoms with Crippen LogP contribution in [0.2, 0.25) is 0 Å². The first-order chi connectivity index (χ1) is 25.7. The molecule has 9 atom stereocenters. The normalized spacial score (nSPS) is 16.4. The number of benzene rings is 1. The first kappa shape index (κ1) is 49.0. The lowest BCUT2D eigenvalue weighted by molar-refractivity contribution is -0.140. The highest BCUT2D eigenvalue weighted by Crippen LogP contribution is 2.22. The summed E-state index contributed by atoms with van der Waals surface area (Å²) in [4.78, 5) is 77.1. The van der Waals surface area contributed by atoms with Crippen LogP contribution in [0.3, 0.4) is 0 Å². The van der Waals surface area contributed by atoms with Crippen LogP contribution in [0, 0.1) is 23.7 Å². The maximum Gasteiger partial charge on any atom is 0.306 e. The van der Waals surface area contributed by atoms with Gasteiger partial charge in [-0.05, 0) is 75.2 Å². The van der Waals surface area contributed by atoms with Gasteiger partial charge >= 0.3 is 5.97 Å². The van der Waals surface area contributed by atoms with Crippen molar-refractivity contribution in [2.45, 2.75) is 163 Å². The summed E-state index contributed by atoms with van der Waals surface area (Å²) in [6.45, 7) is 16.2. The quantitative estimate of drug-likeness (QED) is 0.0691. The second kappa shape index (κ2) is 25.2. The van der Waals surface area contributed by atoms with E-state index in [4.69, 9.17) is 0 Å².